The number of carbonyl (C=O) groups is 2. The van der Waals surface area contributed by atoms with Gasteiger partial charge < -0.3 is 16.0 Å². The number of rotatable bonds is 4. The fourth-order valence-corrected chi connectivity index (χ4v) is 1.52. The second-order valence-corrected chi connectivity index (χ2v) is 4.13. The Morgan fingerprint density at radius 1 is 1.28 bits per heavy atom. The van der Waals surface area contributed by atoms with Crippen LogP contribution in [0.25, 0.3) is 0 Å². The van der Waals surface area contributed by atoms with Crippen LogP contribution in [-0.4, -0.2) is 31.4 Å². The first-order chi connectivity index (χ1) is 8.65. The maximum absolute atomic E-state index is 12.6. The highest BCUT2D eigenvalue weighted by molar-refractivity contribution is 5.94. The third-order valence-electron chi connectivity index (χ3n) is 2.70. The first-order valence-corrected chi connectivity index (χ1v) is 5.69. The number of halogens is 1. The number of nitrogens with one attached hydrogen (secondary N) is 3. The topological polar surface area (TPSA) is 70.2 Å². The first kappa shape index (κ1) is 12.5. The molecule has 5 nitrogen and oxygen atoms in total. The lowest BCUT2D eigenvalue weighted by atomic mass is 10.0. The minimum Gasteiger partial charge on any atom is -0.347 e. The molecule has 0 radical (unpaired) electrons. The number of hydrogen-bond acceptors (Lipinski definition) is 3. The molecule has 1 fully saturated rings. The predicted octanol–water partition coefficient (Wildman–Crippen LogP) is 0.0998. The van der Waals surface area contributed by atoms with Crippen molar-refractivity contribution >= 4 is 17.5 Å². The van der Waals surface area contributed by atoms with Gasteiger partial charge in [-0.2, -0.15) is 0 Å². The van der Waals surface area contributed by atoms with E-state index in [1.165, 1.54) is 24.3 Å². The lowest BCUT2D eigenvalue weighted by Gasteiger charge is -2.25. The summed E-state index contributed by atoms with van der Waals surface area (Å²) in [6, 6.07) is 5.44. The van der Waals surface area contributed by atoms with Crippen molar-refractivity contribution in [2.45, 2.75) is 0 Å². The van der Waals surface area contributed by atoms with Gasteiger partial charge in [0.1, 0.15) is 5.82 Å². The summed E-state index contributed by atoms with van der Waals surface area (Å²) < 4.78 is 12.6. The molecule has 0 aromatic heterocycles. The van der Waals surface area contributed by atoms with Crippen LogP contribution >= 0.6 is 0 Å². The Labute approximate surface area is 104 Å². The smallest absolute Gasteiger partial charge is 0.243 e. The van der Waals surface area contributed by atoms with E-state index in [0.29, 0.717) is 18.8 Å². The van der Waals surface area contributed by atoms with Crippen LogP contribution in [0, 0.1) is 11.7 Å². The Morgan fingerprint density at radius 3 is 2.50 bits per heavy atom. The lowest BCUT2D eigenvalue weighted by Crippen LogP contribution is -2.51. The van der Waals surface area contributed by atoms with E-state index in [4.69, 9.17) is 0 Å². The average Bonchev–Trinajstić information content (AvgIpc) is 2.27. The van der Waals surface area contributed by atoms with E-state index in [0.717, 1.165) is 0 Å². The minimum atomic E-state index is -0.362. The van der Waals surface area contributed by atoms with Crippen LogP contribution in [0.5, 0.6) is 0 Å². The number of benzene rings is 1. The van der Waals surface area contributed by atoms with Gasteiger partial charge in [-0.15, -0.1) is 0 Å². The number of amides is 2. The zero-order valence-corrected chi connectivity index (χ0v) is 9.70. The van der Waals surface area contributed by atoms with Crippen LogP contribution in [0.1, 0.15) is 0 Å². The van der Waals surface area contributed by atoms with Gasteiger partial charge in [-0.05, 0) is 24.3 Å². The van der Waals surface area contributed by atoms with Crippen LogP contribution in [0.4, 0.5) is 10.1 Å². The van der Waals surface area contributed by atoms with Gasteiger partial charge in [-0.1, -0.05) is 0 Å². The predicted molar refractivity (Wildman–Crippen MR) is 64.4 cm³/mol. The number of anilines is 1. The van der Waals surface area contributed by atoms with Crippen molar-refractivity contribution in [3.8, 4) is 0 Å². The molecule has 1 heterocycles. The molecule has 0 bridgehead atoms. The van der Waals surface area contributed by atoms with Crippen molar-refractivity contribution < 1.29 is 14.0 Å². The quantitative estimate of drug-likeness (QED) is 0.711. The molecular formula is C12H14FN3O2. The normalized spacial score (nSPS) is 14.7. The van der Waals surface area contributed by atoms with Gasteiger partial charge in [0.15, 0.2) is 0 Å². The summed E-state index contributed by atoms with van der Waals surface area (Å²) in [7, 11) is 0. The Morgan fingerprint density at radius 2 is 1.94 bits per heavy atom. The molecule has 6 heteroatoms. The standard InChI is InChI=1S/C12H14FN3O2/c13-9-1-3-10(4-2-9)16-11(17)7-15-12(18)8-5-14-6-8/h1-4,8,14H,5-7H2,(H,15,18)(H,16,17). The van der Waals surface area contributed by atoms with Crippen molar-refractivity contribution in [2.75, 3.05) is 25.0 Å². The highest BCUT2D eigenvalue weighted by Gasteiger charge is 2.24. The van der Waals surface area contributed by atoms with E-state index in [1.807, 2.05) is 0 Å². The molecule has 1 aromatic carbocycles. The molecule has 2 amide bonds. The van der Waals surface area contributed by atoms with E-state index < -0.39 is 0 Å². The van der Waals surface area contributed by atoms with E-state index in [9.17, 15) is 14.0 Å². The summed E-state index contributed by atoms with van der Waals surface area (Å²) in [5, 5.41) is 8.09. The SMILES string of the molecule is O=C(CNC(=O)C1CNC1)Nc1ccc(F)cc1. The summed E-state index contributed by atoms with van der Waals surface area (Å²) in [5.74, 6) is -0.854. The van der Waals surface area contributed by atoms with E-state index in [-0.39, 0.29) is 30.1 Å². The average molecular weight is 251 g/mol. The fourth-order valence-electron chi connectivity index (χ4n) is 1.52. The summed E-state index contributed by atoms with van der Waals surface area (Å²) in [6.07, 6.45) is 0. The largest absolute Gasteiger partial charge is 0.347 e. The van der Waals surface area contributed by atoms with Crippen LogP contribution in [0.15, 0.2) is 24.3 Å². The second kappa shape index (κ2) is 5.59. The number of hydrogen-bond donors (Lipinski definition) is 3. The van der Waals surface area contributed by atoms with Gasteiger partial charge in [0.05, 0.1) is 12.5 Å². The maximum Gasteiger partial charge on any atom is 0.243 e. The molecule has 18 heavy (non-hydrogen) atoms. The van der Waals surface area contributed by atoms with Gasteiger partial charge >= 0.3 is 0 Å². The summed E-state index contributed by atoms with van der Waals surface area (Å²) in [4.78, 5) is 22.9. The van der Waals surface area contributed by atoms with Crippen molar-refractivity contribution in [2.24, 2.45) is 5.92 Å². The molecule has 96 valence electrons. The molecule has 1 aliphatic heterocycles. The monoisotopic (exact) mass is 251 g/mol. The van der Waals surface area contributed by atoms with E-state index in [2.05, 4.69) is 16.0 Å². The van der Waals surface area contributed by atoms with Gasteiger partial charge in [-0.3, -0.25) is 9.59 Å². The van der Waals surface area contributed by atoms with Crippen LogP contribution < -0.4 is 16.0 Å². The molecule has 0 saturated carbocycles. The Balaban J connectivity index is 1.74. The molecule has 0 spiro atoms. The van der Waals surface area contributed by atoms with Crippen LogP contribution in [-0.2, 0) is 9.59 Å². The van der Waals surface area contributed by atoms with Crippen molar-refractivity contribution in [1.82, 2.24) is 10.6 Å². The van der Waals surface area contributed by atoms with Gasteiger partial charge in [-0.25, -0.2) is 4.39 Å². The summed E-state index contributed by atoms with van der Waals surface area (Å²) >= 11 is 0. The molecule has 1 aromatic rings. The molecular weight excluding hydrogens is 237 g/mol. The second-order valence-electron chi connectivity index (χ2n) is 4.13. The van der Waals surface area contributed by atoms with Gasteiger partial charge in [0.2, 0.25) is 11.8 Å². The Hall–Kier alpha value is -1.95. The Kier molecular flexibility index (Phi) is 3.88. The zero-order valence-electron chi connectivity index (χ0n) is 9.70. The molecule has 0 aliphatic carbocycles. The molecule has 2 rings (SSSR count). The third kappa shape index (κ3) is 3.27. The van der Waals surface area contributed by atoms with Crippen molar-refractivity contribution in [3.05, 3.63) is 30.1 Å². The summed E-state index contributed by atoms with van der Waals surface area (Å²) in [5.41, 5.74) is 0.501. The molecule has 1 saturated heterocycles. The molecule has 0 unspecified atom stereocenters. The highest BCUT2D eigenvalue weighted by atomic mass is 19.1. The van der Waals surface area contributed by atoms with Gasteiger partial charge in [0.25, 0.3) is 0 Å². The zero-order chi connectivity index (χ0) is 13.0. The lowest BCUT2D eigenvalue weighted by molar-refractivity contribution is -0.128. The molecule has 1 aliphatic rings. The highest BCUT2D eigenvalue weighted by Crippen LogP contribution is 2.07. The van der Waals surface area contributed by atoms with Crippen LogP contribution in [0.3, 0.4) is 0 Å². The third-order valence-corrected chi connectivity index (χ3v) is 2.70. The maximum atomic E-state index is 12.6. The minimum absolute atomic E-state index is 0.0383. The Bertz CT molecular complexity index is 443. The van der Waals surface area contributed by atoms with Crippen molar-refractivity contribution in [3.63, 3.8) is 0 Å². The van der Waals surface area contributed by atoms with E-state index >= 15 is 0 Å². The van der Waals surface area contributed by atoms with E-state index in [1.54, 1.807) is 0 Å². The molecule has 3 N–H and O–H groups in total. The van der Waals surface area contributed by atoms with Crippen LogP contribution in [0.2, 0.25) is 0 Å². The van der Waals surface area contributed by atoms with Gasteiger partial charge in [0, 0.05) is 18.8 Å². The number of carbonyl (C=O) groups excluding carboxylic acids is 2. The van der Waals surface area contributed by atoms with Crippen molar-refractivity contribution in [1.29, 1.82) is 0 Å². The fraction of sp³-hybridized carbons (Fsp3) is 0.333. The summed E-state index contributed by atoms with van der Waals surface area (Å²) in [6.45, 7) is 1.24. The first-order valence-electron chi connectivity index (χ1n) is 5.69. The molecule has 0 atom stereocenters.